The Morgan fingerprint density at radius 2 is 1.79 bits per heavy atom. The first kappa shape index (κ1) is 27.3. The van der Waals surface area contributed by atoms with Crippen LogP contribution in [0.15, 0.2) is 35.7 Å². The van der Waals surface area contributed by atoms with Gasteiger partial charge in [0.25, 0.3) is 5.91 Å². The highest BCUT2D eigenvalue weighted by Gasteiger charge is 2.31. The molecule has 1 aromatic heterocycles. The van der Waals surface area contributed by atoms with Gasteiger partial charge in [-0.3, -0.25) is 14.4 Å². The van der Waals surface area contributed by atoms with E-state index in [4.69, 9.17) is 0 Å². The van der Waals surface area contributed by atoms with Crippen LogP contribution in [-0.2, 0) is 22.3 Å². The lowest BCUT2D eigenvalue weighted by Crippen LogP contribution is -2.56. The maximum absolute atomic E-state index is 12.9. The summed E-state index contributed by atoms with van der Waals surface area (Å²) in [4.78, 5) is 38.4. The minimum Gasteiger partial charge on any atom is -0.350 e. The van der Waals surface area contributed by atoms with E-state index in [1.165, 1.54) is 6.07 Å². The lowest BCUT2D eigenvalue weighted by Gasteiger charge is -2.25. The molecule has 3 amide bonds. The minimum absolute atomic E-state index is 0.145. The first-order valence-electron chi connectivity index (χ1n) is 10.6. The standard InChI is InChI=1S/C23H29F3N4O3S/c1-14-8-17(34-13-14)10-27-11-18(21(33)30-22(2,3)4)29-19(31)12-28-20(32)15-6-5-7-16(9-15)23(24,25)26/h5-9,13,18,27H,10-12H2,1-4H3,(H,28,32)(H,29,31)(H,30,33)/t18-/m0/s1. The van der Waals surface area contributed by atoms with Crippen molar-refractivity contribution in [3.05, 3.63) is 57.3 Å². The Balaban J connectivity index is 1.96. The van der Waals surface area contributed by atoms with E-state index < -0.39 is 47.6 Å². The first-order valence-corrected chi connectivity index (χ1v) is 11.4. The normalized spacial score (nSPS) is 12.7. The number of carbonyl (C=O) groups excluding carboxylic acids is 3. The van der Waals surface area contributed by atoms with Crippen molar-refractivity contribution in [3.63, 3.8) is 0 Å². The van der Waals surface area contributed by atoms with E-state index in [1.54, 1.807) is 32.1 Å². The second-order valence-corrected chi connectivity index (χ2v) is 9.84. The average Bonchev–Trinajstić information content (AvgIpc) is 3.14. The van der Waals surface area contributed by atoms with Crippen LogP contribution in [0.5, 0.6) is 0 Å². The summed E-state index contributed by atoms with van der Waals surface area (Å²) in [5.41, 5.74) is -0.579. The van der Waals surface area contributed by atoms with Crippen LogP contribution in [0.4, 0.5) is 13.2 Å². The molecule has 0 aliphatic carbocycles. The molecule has 0 aliphatic heterocycles. The highest BCUT2D eigenvalue weighted by atomic mass is 32.1. The molecule has 1 aromatic carbocycles. The molecule has 0 saturated heterocycles. The molecule has 0 bridgehead atoms. The molecule has 0 fully saturated rings. The molecule has 1 atom stereocenters. The van der Waals surface area contributed by atoms with Crippen molar-refractivity contribution in [2.75, 3.05) is 13.1 Å². The molecule has 2 aromatic rings. The molecular weight excluding hydrogens is 469 g/mol. The maximum atomic E-state index is 12.9. The summed E-state index contributed by atoms with van der Waals surface area (Å²) in [5.74, 6) is -1.88. The van der Waals surface area contributed by atoms with Gasteiger partial charge < -0.3 is 21.3 Å². The van der Waals surface area contributed by atoms with Gasteiger partial charge in [0.2, 0.25) is 11.8 Å². The smallest absolute Gasteiger partial charge is 0.350 e. The van der Waals surface area contributed by atoms with E-state index in [0.717, 1.165) is 22.6 Å². The third-order valence-electron chi connectivity index (χ3n) is 4.44. The summed E-state index contributed by atoms with van der Waals surface area (Å²) >= 11 is 1.58. The third kappa shape index (κ3) is 9.14. The van der Waals surface area contributed by atoms with Crippen molar-refractivity contribution in [1.82, 2.24) is 21.3 Å². The number of hydrogen-bond donors (Lipinski definition) is 4. The van der Waals surface area contributed by atoms with Crippen LogP contribution in [0.1, 0.15) is 47.1 Å². The van der Waals surface area contributed by atoms with Crippen LogP contribution in [0.3, 0.4) is 0 Å². The number of benzene rings is 1. The second kappa shape index (κ2) is 11.5. The zero-order chi connectivity index (χ0) is 25.5. The van der Waals surface area contributed by atoms with Crippen LogP contribution >= 0.6 is 11.3 Å². The fourth-order valence-corrected chi connectivity index (χ4v) is 3.78. The minimum atomic E-state index is -4.59. The van der Waals surface area contributed by atoms with Crippen LogP contribution in [0.2, 0.25) is 0 Å². The quantitative estimate of drug-likeness (QED) is 0.427. The summed E-state index contributed by atoms with van der Waals surface area (Å²) in [6.07, 6.45) is -4.59. The number of aryl methyl sites for hydroxylation is 1. The van der Waals surface area contributed by atoms with Crippen molar-refractivity contribution < 1.29 is 27.6 Å². The summed E-state index contributed by atoms with van der Waals surface area (Å²) in [6.45, 7) is 7.56. The predicted molar refractivity (Wildman–Crippen MR) is 124 cm³/mol. The zero-order valence-electron chi connectivity index (χ0n) is 19.4. The maximum Gasteiger partial charge on any atom is 0.416 e. The number of nitrogens with one attached hydrogen (secondary N) is 4. The fraction of sp³-hybridized carbons (Fsp3) is 0.435. The van der Waals surface area contributed by atoms with Crippen molar-refractivity contribution in [2.24, 2.45) is 0 Å². The van der Waals surface area contributed by atoms with E-state index in [-0.39, 0.29) is 12.1 Å². The lowest BCUT2D eigenvalue weighted by molar-refractivity contribution is -0.137. The SMILES string of the molecule is Cc1csc(CNC[C@H](NC(=O)CNC(=O)c2cccc(C(F)(F)F)c2)C(=O)NC(C)(C)C)c1. The van der Waals surface area contributed by atoms with Gasteiger partial charge in [0.15, 0.2) is 0 Å². The molecular formula is C23H29F3N4O3S. The number of amides is 3. The Morgan fingerprint density at radius 1 is 1.09 bits per heavy atom. The van der Waals surface area contributed by atoms with E-state index >= 15 is 0 Å². The summed E-state index contributed by atoms with van der Waals surface area (Å²) < 4.78 is 38.6. The fourth-order valence-electron chi connectivity index (χ4n) is 2.93. The van der Waals surface area contributed by atoms with E-state index in [9.17, 15) is 27.6 Å². The number of halogens is 3. The number of carbonyl (C=O) groups is 3. The van der Waals surface area contributed by atoms with Gasteiger partial charge in [0.1, 0.15) is 6.04 Å². The van der Waals surface area contributed by atoms with Gasteiger partial charge in [0, 0.05) is 29.1 Å². The molecule has 1 heterocycles. The number of alkyl halides is 3. The van der Waals surface area contributed by atoms with Crippen molar-refractivity contribution in [2.45, 2.75) is 52.0 Å². The van der Waals surface area contributed by atoms with Crippen molar-refractivity contribution >= 4 is 29.1 Å². The number of hydrogen-bond acceptors (Lipinski definition) is 5. The van der Waals surface area contributed by atoms with E-state index in [1.807, 2.05) is 18.4 Å². The largest absolute Gasteiger partial charge is 0.416 e. The van der Waals surface area contributed by atoms with Gasteiger partial charge in [-0.05, 0) is 62.9 Å². The van der Waals surface area contributed by atoms with Gasteiger partial charge in [0.05, 0.1) is 12.1 Å². The Morgan fingerprint density at radius 3 is 2.38 bits per heavy atom. The summed E-state index contributed by atoms with van der Waals surface area (Å²) in [6, 6.07) is 5.00. The third-order valence-corrected chi connectivity index (χ3v) is 5.50. The van der Waals surface area contributed by atoms with Gasteiger partial charge in [-0.25, -0.2) is 0 Å². The topological polar surface area (TPSA) is 99.3 Å². The van der Waals surface area contributed by atoms with Crippen molar-refractivity contribution in [1.29, 1.82) is 0 Å². The number of rotatable bonds is 9. The molecule has 186 valence electrons. The molecule has 0 aliphatic rings. The molecule has 0 radical (unpaired) electrons. The van der Waals surface area contributed by atoms with Gasteiger partial charge >= 0.3 is 6.18 Å². The summed E-state index contributed by atoms with van der Waals surface area (Å²) in [5, 5.41) is 12.8. The molecule has 0 spiro atoms. The van der Waals surface area contributed by atoms with Crippen molar-refractivity contribution in [3.8, 4) is 0 Å². The van der Waals surface area contributed by atoms with Gasteiger partial charge in [-0.2, -0.15) is 13.2 Å². The number of thiophene rings is 1. The monoisotopic (exact) mass is 498 g/mol. The average molecular weight is 499 g/mol. The van der Waals surface area contributed by atoms with Crippen LogP contribution < -0.4 is 21.3 Å². The Labute approximate surface area is 200 Å². The Hall–Kier alpha value is -2.92. The summed E-state index contributed by atoms with van der Waals surface area (Å²) in [7, 11) is 0. The Bertz CT molecular complexity index is 1020. The highest BCUT2D eigenvalue weighted by molar-refractivity contribution is 7.10. The van der Waals surface area contributed by atoms with E-state index in [2.05, 4.69) is 21.3 Å². The van der Waals surface area contributed by atoms with E-state index in [0.29, 0.717) is 12.6 Å². The van der Waals surface area contributed by atoms with Crippen LogP contribution in [-0.4, -0.2) is 42.4 Å². The molecule has 4 N–H and O–H groups in total. The molecule has 2 rings (SSSR count). The molecule has 11 heteroatoms. The molecule has 7 nitrogen and oxygen atoms in total. The first-order chi connectivity index (χ1) is 15.7. The Kier molecular flexibility index (Phi) is 9.22. The second-order valence-electron chi connectivity index (χ2n) is 8.84. The van der Waals surface area contributed by atoms with Crippen LogP contribution in [0.25, 0.3) is 0 Å². The predicted octanol–water partition coefficient (Wildman–Crippen LogP) is 2.99. The van der Waals surface area contributed by atoms with Gasteiger partial charge in [-0.15, -0.1) is 11.3 Å². The molecule has 34 heavy (non-hydrogen) atoms. The van der Waals surface area contributed by atoms with Gasteiger partial charge in [-0.1, -0.05) is 6.07 Å². The highest BCUT2D eigenvalue weighted by Crippen LogP contribution is 2.29. The van der Waals surface area contributed by atoms with Crippen LogP contribution in [0, 0.1) is 6.92 Å². The lowest BCUT2D eigenvalue weighted by atomic mass is 10.1. The molecule has 0 saturated carbocycles. The zero-order valence-corrected chi connectivity index (χ0v) is 20.2. The molecule has 0 unspecified atom stereocenters.